The maximum absolute atomic E-state index is 5.76. The predicted molar refractivity (Wildman–Crippen MR) is 111 cm³/mol. The quantitative estimate of drug-likeness (QED) is 0.553. The average Bonchev–Trinajstić information content (AvgIpc) is 2.68. The van der Waals surface area contributed by atoms with E-state index in [9.17, 15) is 0 Å². The fourth-order valence-electron chi connectivity index (χ4n) is 3.33. The Morgan fingerprint density at radius 3 is 2.11 bits per heavy atom. The summed E-state index contributed by atoms with van der Waals surface area (Å²) in [5.74, 6) is 2.94. The van der Waals surface area contributed by atoms with Gasteiger partial charge in [-0.05, 0) is 62.1 Å². The van der Waals surface area contributed by atoms with Gasteiger partial charge in [0.15, 0.2) is 23.0 Å². The number of fused-ring (bicyclic) bond motifs is 1. The zero-order chi connectivity index (χ0) is 20.1. The minimum atomic E-state index is 0.576. The number of aryl methyl sites for hydroxylation is 1. The highest BCUT2D eigenvalue weighted by Crippen LogP contribution is 2.35. The average molecular weight is 381 g/mol. The summed E-state index contributed by atoms with van der Waals surface area (Å²) in [7, 11) is 3.31. The molecule has 0 saturated heterocycles. The van der Waals surface area contributed by atoms with E-state index < -0.39 is 0 Å². The maximum atomic E-state index is 5.76. The minimum absolute atomic E-state index is 0.576. The van der Waals surface area contributed by atoms with Gasteiger partial charge in [-0.25, -0.2) is 0 Å². The van der Waals surface area contributed by atoms with Gasteiger partial charge in [0.05, 0.1) is 33.1 Å². The predicted octanol–water partition coefficient (Wildman–Crippen LogP) is 4.95. The lowest BCUT2D eigenvalue weighted by Crippen LogP contribution is -2.01. The molecule has 0 amide bonds. The van der Waals surface area contributed by atoms with Crippen molar-refractivity contribution in [3.63, 3.8) is 0 Å². The molecule has 0 spiro atoms. The number of benzene rings is 2. The monoisotopic (exact) mass is 381 g/mol. The molecule has 5 heteroatoms. The highest BCUT2D eigenvalue weighted by Gasteiger charge is 2.13. The minimum Gasteiger partial charge on any atom is -0.493 e. The van der Waals surface area contributed by atoms with Crippen LogP contribution in [0.4, 0.5) is 0 Å². The van der Waals surface area contributed by atoms with Crippen LogP contribution >= 0.6 is 0 Å². The highest BCUT2D eigenvalue weighted by molar-refractivity contribution is 5.88. The van der Waals surface area contributed by atoms with Crippen molar-refractivity contribution in [3.8, 4) is 23.0 Å². The lowest BCUT2D eigenvalue weighted by molar-refractivity contribution is 0.310. The molecule has 0 aliphatic heterocycles. The van der Waals surface area contributed by atoms with Gasteiger partial charge in [-0.3, -0.25) is 4.98 Å². The van der Waals surface area contributed by atoms with Crippen molar-refractivity contribution in [1.82, 2.24) is 4.98 Å². The van der Waals surface area contributed by atoms with Crippen LogP contribution in [0.1, 0.15) is 30.8 Å². The molecule has 0 aliphatic rings. The Balaban J connectivity index is 2.07. The van der Waals surface area contributed by atoms with Crippen LogP contribution in [0.2, 0.25) is 0 Å². The summed E-state index contributed by atoms with van der Waals surface area (Å²) in [6, 6.07) is 12.1. The van der Waals surface area contributed by atoms with E-state index in [2.05, 4.69) is 6.07 Å². The van der Waals surface area contributed by atoms with Crippen LogP contribution in [0, 0.1) is 6.92 Å². The summed E-state index contributed by atoms with van der Waals surface area (Å²) in [4.78, 5) is 4.80. The first kappa shape index (κ1) is 19.8. The summed E-state index contributed by atoms with van der Waals surface area (Å²) >= 11 is 0. The number of methoxy groups -OCH3 is 2. The molecule has 0 aliphatic carbocycles. The molecule has 0 N–H and O–H groups in total. The largest absolute Gasteiger partial charge is 0.493 e. The fourth-order valence-corrected chi connectivity index (χ4v) is 3.33. The van der Waals surface area contributed by atoms with E-state index in [1.54, 1.807) is 14.2 Å². The van der Waals surface area contributed by atoms with E-state index in [-0.39, 0.29) is 0 Å². The van der Waals surface area contributed by atoms with Crippen molar-refractivity contribution in [2.24, 2.45) is 0 Å². The molecule has 0 atom stereocenters. The van der Waals surface area contributed by atoms with Crippen molar-refractivity contribution in [2.45, 2.75) is 27.2 Å². The Hall–Kier alpha value is -2.95. The van der Waals surface area contributed by atoms with Gasteiger partial charge in [-0.2, -0.15) is 0 Å². The van der Waals surface area contributed by atoms with Crippen LogP contribution in [0.15, 0.2) is 36.4 Å². The van der Waals surface area contributed by atoms with E-state index in [4.69, 9.17) is 23.9 Å². The third kappa shape index (κ3) is 4.14. The molecule has 2 aromatic carbocycles. The first-order chi connectivity index (χ1) is 13.6. The summed E-state index contributed by atoms with van der Waals surface area (Å²) in [5, 5.41) is 2.14. The number of rotatable bonds is 8. The van der Waals surface area contributed by atoms with Crippen molar-refractivity contribution < 1.29 is 18.9 Å². The molecule has 3 aromatic rings. The normalized spacial score (nSPS) is 10.8. The van der Waals surface area contributed by atoms with Gasteiger partial charge < -0.3 is 18.9 Å². The van der Waals surface area contributed by atoms with Crippen LogP contribution in [0.5, 0.6) is 23.0 Å². The molecule has 0 bridgehead atoms. The Morgan fingerprint density at radius 1 is 0.786 bits per heavy atom. The Bertz CT molecular complexity index is 968. The van der Waals surface area contributed by atoms with Crippen LogP contribution in [-0.2, 0) is 6.42 Å². The third-order valence-electron chi connectivity index (χ3n) is 4.52. The van der Waals surface area contributed by atoms with Crippen molar-refractivity contribution >= 4 is 10.8 Å². The van der Waals surface area contributed by atoms with Gasteiger partial charge >= 0.3 is 0 Å². The third-order valence-corrected chi connectivity index (χ3v) is 4.52. The maximum Gasteiger partial charge on any atom is 0.161 e. The highest BCUT2D eigenvalue weighted by atomic mass is 16.5. The van der Waals surface area contributed by atoms with E-state index >= 15 is 0 Å². The van der Waals surface area contributed by atoms with Crippen LogP contribution in [-0.4, -0.2) is 32.4 Å². The van der Waals surface area contributed by atoms with Crippen LogP contribution < -0.4 is 18.9 Å². The van der Waals surface area contributed by atoms with Gasteiger partial charge in [0.1, 0.15) is 0 Å². The second kappa shape index (κ2) is 8.83. The standard InChI is InChI=1S/C23H27NO4/c1-6-27-22-12-16(8-9-20(22)25-4)11-19-18-14-23(28-7-2)21(26-5)13-17(18)10-15(3)24-19/h8-10,12-14H,6-7,11H2,1-5H3. The van der Waals surface area contributed by atoms with E-state index in [0.29, 0.717) is 19.6 Å². The number of hydrogen-bond donors (Lipinski definition) is 0. The number of nitrogens with zero attached hydrogens (tertiary/aromatic N) is 1. The number of aromatic nitrogens is 1. The number of hydrogen-bond acceptors (Lipinski definition) is 5. The first-order valence-corrected chi connectivity index (χ1v) is 9.50. The molecule has 0 radical (unpaired) electrons. The zero-order valence-electron chi connectivity index (χ0n) is 17.2. The van der Waals surface area contributed by atoms with Crippen molar-refractivity contribution in [3.05, 3.63) is 53.3 Å². The van der Waals surface area contributed by atoms with E-state index in [1.165, 1.54) is 0 Å². The Morgan fingerprint density at radius 2 is 1.46 bits per heavy atom. The molecule has 3 rings (SSSR count). The fraction of sp³-hybridized carbons (Fsp3) is 0.348. The second-order valence-corrected chi connectivity index (χ2v) is 6.46. The molecule has 0 saturated carbocycles. The summed E-state index contributed by atoms with van der Waals surface area (Å²) in [5.41, 5.74) is 3.07. The summed E-state index contributed by atoms with van der Waals surface area (Å²) in [6.45, 7) is 7.09. The van der Waals surface area contributed by atoms with E-state index in [1.807, 2.05) is 51.1 Å². The van der Waals surface area contributed by atoms with Crippen LogP contribution in [0.3, 0.4) is 0 Å². The van der Waals surface area contributed by atoms with E-state index in [0.717, 1.165) is 50.7 Å². The summed E-state index contributed by atoms with van der Waals surface area (Å²) in [6.07, 6.45) is 0.681. The number of pyridine rings is 1. The lowest BCUT2D eigenvalue weighted by atomic mass is 10.0. The topological polar surface area (TPSA) is 49.8 Å². The Labute approximate surface area is 166 Å². The van der Waals surface area contributed by atoms with Gasteiger partial charge in [0.25, 0.3) is 0 Å². The molecule has 28 heavy (non-hydrogen) atoms. The molecule has 0 unspecified atom stereocenters. The Kier molecular flexibility index (Phi) is 6.24. The SMILES string of the molecule is CCOc1cc(Cc2nc(C)cc3cc(OC)c(OCC)cc23)ccc1OC. The second-order valence-electron chi connectivity index (χ2n) is 6.46. The van der Waals surface area contributed by atoms with Crippen molar-refractivity contribution in [2.75, 3.05) is 27.4 Å². The number of ether oxygens (including phenoxy) is 4. The van der Waals surface area contributed by atoms with Gasteiger partial charge in [-0.1, -0.05) is 6.07 Å². The van der Waals surface area contributed by atoms with Gasteiger partial charge in [-0.15, -0.1) is 0 Å². The molecular weight excluding hydrogens is 354 g/mol. The van der Waals surface area contributed by atoms with Crippen molar-refractivity contribution in [1.29, 1.82) is 0 Å². The van der Waals surface area contributed by atoms with Gasteiger partial charge in [0.2, 0.25) is 0 Å². The lowest BCUT2D eigenvalue weighted by Gasteiger charge is -2.14. The summed E-state index contributed by atoms with van der Waals surface area (Å²) < 4.78 is 22.4. The molecule has 0 fully saturated rings. The molecule has 5 nitrogen and oxygen atoms in total. The smallest absolute Gasteiger partial charge is 0.161 e. The molecule has 148 valence electrons. The molecule has 1 aromatic heterocycles. The first-order valence-electron chi connectivity index (χ1n) is 9.50. The molecular formula is C23H27NO4. The zero-order valence-corrected chi connectivity index (χ0v) is 17.2. The molecule has 1 heterocycles. The van der Waals surface area contributed by atoms with Gasteiger partial charge in [0, 0.05) is 17.5 Å². The van der Waals surface area contributed by atoms with Crippen LogP contribution in [0.25, 0.3) is 10.8 Å².